The lowest BCUT2D eigenvalue weighted by Gasteiger charge is -2.20. The van der Waals surface area contributed by atoms with E-state index in [9.17, 15) is 22.8 Å². The Balaban J connectivity index is 2.30. The van der Waals surface area contributed by atoms with Crippen LogP contribution in [0.2, 0.25) is 0 Å². The van der Waals surface area contributed by atoms with Crippen LogP contribution in [0.15, 0.2) is 24.3 Å². The molecule has 0 aliphatic carbocycles. The summed E-state index contributed by atoms with van der Waals surface area (Å²) in [5, 5.41) is 8.48. The maximum Gasteiger partial charge on any atom is 0.471 e. The minimum Gasteiger partial charge on any atom is -0.481 e. The fourth-order valence-corrected chi connectivity index (χ4v) is 2.79. The fraction of sp³-hybridized carbons (Fsp3) is 0.308. The summed E-state index contributed by atoms with van der Waals surface area (Å²) in [7, 11) is 0. The van der Waals surface area contributed by atoms with Crippen molar-refractivity contribution in [1.82, 2.24) is 4.98 Å². The van der Waals surface area contributed by atoms with Gasteiger partial charge in [0.2, 0.25) is 0 Å². The number of aromatic nitrogens is 1. The maximum absolute atomic E-state index is 12.7. The van der Waals surface area contributed by atoms with Crippen LogP contribution in [-0.2, 0) is 9.59 Å². The molecule has 0 spiro atoms. The predicted molar refractivity (Wildman–Crippen MR) is 74.9 cm³/mol. The van der Waals surface area contributed by atoms with Crippen molar-refractivity contribution in [2.24, 2.45) is 0 Å². The van der Waals surface area contributed by atoms with Crippen LogP contribution in [-0.4, -0.2) is 34.7 Å². The number of amides is 1. The molecule has 0 fully saturated rings. The SMILES string of the molecule is O=C(O)CCCN(C(=O)C(F)(F)F)c1nc2ccccc2s1. The molecule has 0 saturated carbocycles. The highest BCUT2D eigenvalue weighted by atomic mass is 32.1. The van der Waals surface area contributed by atoms with E-state index >= 15 is 0 Å². The second kappa shape index (κ2) is 6.30. The van der Waals surface area contributed by atoms with Gasteiger partial charge in [0, 0.05) is 13.0 Å². The van der Waals surface area contributed by atoms with Crippen LogP contribution in [0.4, 0.5) is 18.3 Å². The third-order valence-electron chi connectivity index (χ3n) is 2.77. The molecule has 0 aliphatic heterocycles. The van der Waals surface area contributed by atoms with Crippen molar-refractivity contribution in [1.29, 1.82) is 0 Å². The van der Waals surface area contributed by atoms with Crippen molar-refractivity contribution in [3.05, 3.63) is 24.3 Å². The Hall–Kier alpha value is -2.16. The summed E-state index contributed by atoms with van der Waals surface area (Å²) in [6.45, 7) is -0.357. The van der Waals surface area contributed by atoms with Crippen molar-refractivity contribution in [2.75, 3.05) is 11.4 Å². The zero-order chi connectivity index (χ0) is 16.3. The molecule has 2 aromatic rings. The number of benzene rings is 1. The van der Waals surface area contributed by atoms with Gasteiger partial charge in [-0.3, -0.25) is 14.5 Å². The van der Waals surface area contributed by atoms with Gasteiger partial charge in [-0.1, -0.05) is 23.5 Å². The van der Waals surface area contributed by atoms with E-state index < -0.39 is 18.1 Å². The summed E-state index contributed by atoms with van der Waals surface area (Å²) in [6.07, 6.45) is -5.46. The Kier molecular flexibility index (Phi) is 4.65. The summed E-state index contributed by atoms with van der Waals surface area (Å²) in [5.41, 5.74) is 0.487. The molecule has 118 valence electrons. The van der Waals surface area contributed by atoms with Crippen LogP contribution < -0.4 is 4.90 Å². The first-order chi connectivity index (χ1) is 10.3. The molecule has 1 aromatic carbocycles. The summed E-state index contributed by atoms with van der Waals surface area (Å²) < 4.78 is 38.7. The number of fused-ring (bicyclic) bond motifs is 1. The van der Waals surface area contributed by atoms with E-state index in [0.717, 1.165) is 11.3 Å². The average Bonchev–Trinajstić information content (AvgIpc) is 2.85. The van der Waals surface area contributed by atoms with E-state index in [4.69, 9.17) is 5.11 Å². The summed E-state index contributed by atoms with van der Waals surface area (Å²) in [4.78, 5) is 26.5. The van der Waals surface area contributed by atoms with Crippen molar-refractivity contribution < 1.29 is 27.9 Å². The fourth-order valence-electron chi connectivity index (χ4n) is 1.80. The number of carboxylic acids is 1. The molecule has 1 amide bonds. The van der Waals surface area contributed by atoms with Crippen LogP contribution in [0.5, 0.6) is 0 Å². The van der Waals surface area contributed by atoms with Gasteiger partial charge >= 0.3 is 18.1 Å². The second-order valence-corrected chi connectivity index (χ2v) is 5.43. The molecular formula is C13H11F3N2O3S. The number of alkyl halides is 3. The lowest BCUT2D eigenvalue weighted by atomic mass is 10.3. The molecule has 1 aromatic heterocycles. The third-order valence-corrected chi connectivity index (χ3v) is 3.83. The number of thiazole rings is 1. The van der Waals surface area contributed by atoms with Gasteiger partial charge in [-0.25, -0.2) is 4.98 Å². The van der Waals surface area contributed by atoms with Crippen molar-refractivity contribution in [2.45, 2.75) is 19.0 Å². The van der Waals surface area contributed by atoms with E-state index in [-0.39, 0.29) is 24.5 Å². The highest BCUT2D eigenvalue weighted by Gasteiger charge is 2.43. The normalized spacial score (nSPS) is 11.6. The predicted octanol–water partition coefficient (Wildman–Crippen LogP) is 3.06. The highest BCUT2D eigenvalue weighted by Crippen LogP contribution is 2.31. The molecule has 5 nitrogen and oxygen atoms in total. The van der Waals surface area contributed by atoms with Gasteiger partial charge in [-0.05, 0) is 18.6 Å². The lowest BCUT2D eigenvalue weighted by Crippen LogP contribution is -2.42. The first-order valence-corrected chi connectivity index (χ1v) is 7.07. The van der Waals surface area contributed by atoms with Gasteiger partial charge in [-0.2, -0.15) is 13.2 Å². The largest absolute Gasteiger partial charge is 0.481 e. The molecule has 0 saturated heterocycles. The van der Waals surface area contributed by atoms with Crippen molar-refractivity contribution in [3.8, 4) is 0 Å². The number of hydrogen-bond donors (Lipinski definition) is 1. The van der Waals surface area contributed by atoms with Gasteiger partial charge < -0.3 is 5.11 Å². The topological polar surface area (TPSA) is 70.5 Å². The Morgan fingerprint density at radius 2 is 1.95 bits per heavy atom. The van der Waals surface area contributed by atoms with Crippen LogP contribution in [0, 0.1) is 0 Å². The van der Waals surface area contributed by atoms with Crippen molar-refractivity contribution >= 4 is 38.6 Å². The first-order valence-electron chi connectivity index (χ1n) is 6.25. The van der Waals surface area contributed by atoms with Crippen molar-refractivity contribution in [3.63, 3.8) is 0 Å². The molecule has 0 bridgehead atoms. The second-order valence-electron chi connectivity index (χ2n) is 4.42. The average molecular weight is 332 g/mol. The quantitative estimate of drug-likeness (QED) is 0.913. The molecule has 0 atom stereocenters. The van der Waals surface area contributed by atoms with Gasteiger partial charge in [0.15, 0.2) is 5.13 Å². The van der Waals surface area contributed by atoms with Gasteiger partial charge in [0.25, 0.3) is 0 Å². The van der Waals surface area contributed by atoms with E-state index in [0.29, 0.717) is 15.1 Å². The van der Waals surface area contributed by atoms with Crippen LogP contribution >= 0.6 is 11.3 Å². The Bertz CT molecular complexity index is 666. The van der Waals surface area contributed by atoms with E-state index in [2.05, 4.69) is 4.98 Å². The standard InChI is InChI=1S/C13H11F3N2O3S/c14-13(15,16)11(21)18(7-3-6-10(19)20)12-17-8-4-1-2-5-9(8)22-12/h1-2,4-5H,3,6-7H2,(H,19,20). The number of para-hydroxylation sites is 1. The highest BCUT2D eigenvalue weighted by molar-refractivity contribution is 7.22. The first kappa shape index (κ1) is 16.2. The minimum absolute atomic E-state index is 0.0890. The smallest absolute Gasteiger partial charge is 0.471 e. The Labute approximate surface area is 127 Å². The summed E-state index contributed by atoms with van der Waals surface area (Å²) in [5.74, 6) is -3.18. The lowest BCUT2D eigenvalue weighted by molar-refractivity contribution is -0.170. The number of nitrogens with zero attached hydrogens (tertiary/aromatic N) is 2. The van der Waals surface area contributed by atoms with E-state index in [1.807, 2.05) is 0 Å². The number of rotatable bonds is 5. The molecule has 9 heteroatoms. The zero-order valence-corrected chi connectivity index (χ0v) is 11.9. The molecule has 0 unspecified atom stereocenters. The number of hydrogen-bond acceptors (Lipinski definition) is 4. The number of carbonyl (C=O) groups is 2. The van der Waals surface area contributed by atoms with Gasteiger partial charge in [-0.15, -0.1) is 0 Å². The zero-order valence-electron chi connectivity index (χ0n) is 11.1. The van der Waals surface area contributed by atoms with Crippen LogP contribution in [0.25, 0.3) is 10.2 Å². The number of aliphatic carboxylic acids is 1. The molecular weight excluding hydrogens is 321 g/mol. The number of anilines is 1. The maximum atomic E-state index is 12.7. The monoisotopic (exact) mass is 332 g/mol. The Morgan fingerprint density at radius 1 is 1.27 bits per heavy atom. The minimum atomic E-state index is -5.04. The van der Waals surface area contributed by atoms with E-state index in [1.165, 1.54) is 0 Å². The third kappa shape index (κ3) is 3.73. The molecule has 1 N–H and O–H groups in total. The van der Waals surface area contributed by atoms with E-state index in [1.54, 1.807) is 24.3 Å². The van der Waals surface area contributed by atoms with Gasteiger partial charge in [0.1, 0.15) is 0 Å². The number of halogens is 3. The number of carboxylic acid groups (broad SMARTS) is 1. The van der Waals surface area contributed by atoms with Gasteiger partial charge in [0.05, 0.1) is 10.2 Å². The summed E-state index contributed by atoms with van der Waals surface area (Å²) >= 11 is 0.955. The van der Waals surface area contributed by atoms with Crippen LogP contribution in [0.1, 0.15) is 12.8 Å². The summed E-state index contributed by atoms with van der Waals surface area (Å²) in [6, 6.07) is 6.71. The molecule has 2 rings (SSSR count). The molecule has 1 heterocycles. The number of carbonyl (C=O) groups excluding carboxylic acids is 1. The molecule has 22 heavy (non-hydrogen) atoms. The Morgan fingerprint density at radius 3 is 2.55 bits per heavy atom. The molecule has 0 aliphatic rings. The van der Waals surface area contributed by atoms with Crippen LogP contribution in [0.3, 0.4) is 0 Å². The molecule has 0 radical (unpaired) electrons.